The van der Waals surface area contributed by atoms with Gasteiger partial charge in [-0.3, -0.25) is 4.79 Å². The Labute approximate surface area is 300 Å². The minimum absolute atomic E-state index is 0.0143. The van der Waals surface area contributed by atoms with E-state index in [0.29, 0.717) is 46.7 Å². The van der Waals surface area contributed by atoms with Gasteiger partial charge in [-0.1, -0.05) is 13.8 Å². The highest BCUT2D eigenvalue weighted by atomic mass is 19.4. The minimum atomic E-state index is -5.02. The molecule has 2 saturated carbocycles. The van der Waals surface area contributed by atoms with Crippen LogP contribution in [-0.2, 0) is 30.2 Å². The largest absolute Gasteiger partial charge is 0.416 e. The van der Waals surface area contributed by atoms with Crippen LogP contribution in [0, 0.1) is 23.2 Å². The van der Waals surface area contributed by atoms with Crippen molar-refractivity contribution < 1.29 is 31.1 Å². The number of halogens is 6. The maximum atomic E-state index is 13.9. The summed E-state index contributed by atoms with van der Waals surface area (Å²) in [6.07, 6.45) is -3.03. The summed E-state index contributed by atoms with van der Waals surface area (Å²) in [5.41, 5.74) is -1.87. The van der Waals surface area contributed by atoms with E-state index in [0.717, 1.165) is 38.8 Å². The van der Waals surface area contributed by atoms with Crippen LogP contribution in [0.1, 0.15) is 95.0 Å². The number of carbonyl (C=O) groups excluding carboxylic acids is 1. The van der Waals surface area contributed by atoms with Crippen molar-refractivity contribution in [3.8, 4) is 0 Å². The number of pyridine rings is 1. The highest BCUT2D eigenvalue weighted by molar-refractivity contribution is 6.01. The van der Waals surface area contributed by atoms with Crippen molar-refractivity contribution in [2.45, 2.75) is 98.2 Å². The highest BCUT2D eigenvalue weighted by Gasteiger charge is 2.37. The monoisotopic (exact) mass is 732 g/mol. The van der Waals surface area contributed by atoms with Crippen molar-refractivity contribution >= 4 is 34.9 Å². The van der Waals surface area contributed by atoms with Crippen LogP contribution in [0.25, 0.3) is 0 Å². The molecule has 2 aliphatic carbocycles. The van der Waals surface area contributed by atoms with Crippen molar-refractivity contribution in [3.05, 3.63) is 64.5 Å². The average Bonchev–Trinajstić information content (AvgIpc) is 3.97. The fourth-order valence-corrected chi connectivity index (χ4v) is 5.71. The molecule has 2 fully saturated rings. The molecule has 0 atom stereocenters. The Morgan fingerprint density at radius 2 is 1.40 bits per heavy atom. The van der Waals surface area contributed by atoms with E-state index in [-0.39, 0.29) is 47.3 Å². The zero-order chi connectivity index (χ0) is 38.2. The third kappa shape index (κ3) is 10.6. The second kappa shape index (κ2) is 14.9. The molecule has 1 aromatic carbocycles. The molecule has 15 heteroatoms. The van der Waals surface area contributed by atoms with Crippen molar-refractivity contribution in [1.29, 1.82) is 5.41 Å². The third-order valence-electron chi connectivity index (χ3n) is 8.72. The molecule has 0 radical (unpaired) electrons. The molecule has 2 heterocycles. The lowest BCUT2D eigenvalue weighted by atomic mass is 10.0. The van der Waals surface area contributed by atoms with Crippen LogP contribution >= 0.6 is 0 Å². The van der Waals surface area contributed by atoms with Crippen LogP contribution in [0.4, 0.5) is 49.6 Å². The third-order valence-corrected chi connectivity index (χ3v) is 8.72. The minimum Gasteiger partial charge on any atom is -0.365 e. The second-order valence-corrected chi connectivity index (χ2v) is 15.3. The highest BCUT2D eigenvalue weighted by Crippen LogP contribution is 2.39. The Balaban J connectivity index is 1.64. The molecule has 2 aromatic heterocycles. The molecule has 282 valence electrons. The quantitative estimate of drug-likeness (QED) is 0.112. The molecule has 0 unspecified atom stereocenters. The lowest BCUT2D eigenvalue weighted by molar-refractivity contribution is -0.143. The van der Waals surface area contributed by atoms with E-state index in [4.69, 9.17) is 10.4 Å². The molecule has 0 spiro atoms. The molecule has 3 N–H and O–H groups in total. The van der Waals surface area contributed by atoms with Crippen LogP contribution in [0.3, 0.4) is 0 Å². The predicted octanol–water partition coefficient (Wildman–Crippen LogP) is 8.94. The van der Waals surface area contributed by atoms with Gasteiger partial charge in [-0.2, -0.15) is 26.3 Å². The van der Waals surface area contributed by atoms with Crippen LogP contribution in [0.5, 0.6) is 0 Å². The Bertz CT molecular complexity index is 1710. The molecule has 9 nitrogen and oxygen atoms in total. The number of hydrogen-bond donors (Lipinski definition) is 3. The number of carbonyl (C=O) groups is 1. The summed E-state index contributed by atoms with van der Waals surface area (Å²) in [6, 6.07) is 3.33. The zero-order valence-corrected chi connectivity index (χ0v) is 30.3. The number of aromatic nitrogens is 3. The van der Waals surface area contributed by atoms with Gasteiger partial charge in [0.25, 0.3) is 0 Å². The molecule has 0 bridgehead atoms. The van der Waals surface area contributed by atoms with Crippen molar-refractivity contribution in [3.63, 3.8) is 0 Å². The fourth-order valence-electron chi connectivity index (χ4n) is 5.71. The van der Waals surface area contributed by atoms with Crippen LogP contribution in [0.2, 0.25) is 0 Å². The van der Waals surface area contributed by atoms with E-state index in [1.807, 2.05) is 26.8 Å². The van der Waals surface area contributed by atoms with Gasteiger partial charge in [-0.05, 0) is 95.0 Å². The van der Waals surface area contributed by atoms with E-state index in [1.54, 1.807) is 20.8 Å². The predicted molar refractivity (Wildman–Crippen MR) is 190 cm³/mol. The van der Waals surface area contributed by atoms with Gasteiger partial charge in [0.1, 0.15) is 11.6 Å². The molecule has 0 saturated heterocycles. The lowest BCUT2D eigenvalue weighted by Crippen LogP contribution is -2.34. The molecule has 0 aliphatic heterocycles. The summed E-state index contributed by atoms with van der Waals surface area (Å²) in [5.74, 6) is 1.50. The number of hydrogen-bond acceptors (Lipinski definition) is 8. The van der Waals surface area contributed by atoms with Crippen LogP contribution in [0.15, 0.2) is 36.7 Å². The van der Waals surface area contributed by atoms with Gasteiger partial charge >= 0.3 is 12.4 Å². The van der Waals surface area contributed by atoms with Gasteiger partial charge in [-0.25, -0.2) is 15.0 Å². The molecular weight excluding hydrogens is 686 g/mol. The van der Waals surface area contributed by atoms with Crippen LogP contribution in [-0.4, -0.2) is 45.2 Å². The van der Waals surface area contributed by atoms with E-state index in [9.17, 15) is 31.1 Å². The smallest absolute Gasteiger partial charge is 0.365 e. The van der Waals surface area contributed by atoms with Gasteiger partial charge in [0.2, 0.25) is 11.9 Å². The number of nitrogens with zero attached hydrogens (tertiary/aromatic N) is 5. The number of anilines is 4. The standard InChI is InChI=1S/C37H46F6N8O/c1-21(2)33(52)47-29-15-45-34(46-16-29)51(19-25-11-27(36(38,39)40)14-28(12-25)37(41,42)43)20-26-13-30(22(3)44)31(49-35(4,5)6)48-32(26)50(17-23-7-8-23)18-24-9-10-24/h11-16,21,23-24,44H,7-10,17-20H2,1-6H3,(H,47,52)(H,48,49). The molecule has 52 heavy (non-hydrogen) atoms. The topological polar surface area (TPSA) is 110 Å². The first-order chi connectivity index (χ1) is 24.2. The van der Waals surface area contributed by atoms with E-state index >= 15 is 0 Å². The number of benzene rings is 1. The Morgan fingerprint density at radius 1 is 0.865 bits per heavy atom. The SMILES string of the molecule is CC(=N)c1cc(CN(Cc2cc(C(F)(F)F)cc(C(F)(F)F)c2)c2ncc(NC(=O)C(C)C)cn2)c(N(CC2CC2)CC2CC2)nc1NC(C)(C)C. The second-order valence-electron chi connectivity index (χ2n) is 15.3. The Morgan fingerprint density at radius 3 is 1.85 bits per heavy atom. The first kappa shape index (κ1) is 38.8. The number of rotatable bonds is 14. The summed E-state index contributed by atoms with van der Waals surface area (Å²) in [7, 11) is 0. The van der Waals surface area contributed by atoms with Gasteiger partial charge < -0.3 is 25.8 Å². The van der Waals surface area contributed by atoms with Gasteiger partial charge in [0.15, 0.2) is 0 Å². The number of nitrogens with one attached hydrogen (secondary N) is 3. The summed E-state index contributed by atoms with van der Waals surface area (Å²) in [6.45, 7) is 12.0. The summed E-state index contributed by atoms with van der Waals surface area (Å²) >= 11 is 0. The van der Waals surface area contributed by atoms with Crippen LogP contribution < -0.4 is 20.4 Å². The van der Waals surface area contributed by atoms with E-state index < -0.39 is 35.6 Å². The Hall–Kier alpha value is -4.43. The fraction of sp³-hybridized carbons (Fsp3) is 0.541. The molecule has 1 amide bonds. The normalized spacial score (nSPS) is 15.1. The Kier molecular flexibility index (Phi) is 11.1. The zero-order valence-electron chi connectivity index (χ0n) is 30.3. The van der Waals surface area contributed by atoms with Gasteiger partial charge in [0.05, 0.1) is 29.2 Å². The number of amides is 1. The van der Waals surface area contributed by atoms with Crippen molar-refractivity contribution in [1.82, 2.24) is 15.0 Å². The molecule has 3 aromatic rings. The number of alkyl halides is 6. The molecule has 5 rings (SSSR count). The average molecular weight is 733 g/mol. The maximum Gasteiger partial charge on any atom is 0.416 e. The van der Waals surface area contributed by atoms with Gasteiger partial charge in [-0.15, -0.1) is 0 Å². The molecule has 2 aliphatic rings. The summed E-state index contributed by atoms with van der Waals surface area (Å²) in [4.78, 5) is 30.0. The van der Waals surface area contributed by atoms with Crippen molar-refractivity contribution in [2.75, 3.05) is 33.5 Å². The maximum absolute atomic E-state index is 13.9. The first-order valence-electron chi connectivity index (χ1n) is 17.4. The van der Waals surface area contributed by atoms with Crippen molar-refractivity contribution in [2.24, 2.45) is 17.8 Å². The first-order valence-corrected chi connectivity index (χ1v) is 17.4. The molecular formula is C37H46F6N8O. The van der Waals surface area contributed by atoms with E-state index in [1.165, 1.54) is 17.3 Å². The summed E-state index contributed by atoms with van der Waals surface area (Å²) < 4.78 is 83.4. The van der Waals surface area contributed by atoms with Gasteiger partial charge in [0, 0.05) is 54.5 Å². The summed E-state index contributed by atoms with van der Waals surface area (Å²) in [5, 5.41) is 14.7. The van der Waals surface area contributed by atoms with E-state index in [2.05, 4.69) is 25.5 Å². The lowest BCUT2D eigenvalue weighted by Gasteiger charge is -2.31.